The number of aromatic nitrogens is 2. The Balaban J connectivity index is 1.69. The Kier molecular flexibility index (Phi) is 2.86. The van der Waals surface area contributed by atoms with Gasteiger partial charge in [0.1, 0.15) is 0 Å². The normalized spacial score (nSPS) is 30.4. The van der Waals surface area contributed by atoms with Gasteiger partial charge in [-0.1, -0.05) is 0 Å². The third-order valence-corrected chi connectivity index (χ3v) is 4.23. The molecule has 5 heteroatoms. The molecule has 5 nitrogen and oxygen atoms in total. The van der Waals surface area contributed by atoms with Crippen molar-refractivity contribution in [2.75, 3.05) is 19.6 Å². The predicted molar refractivity (Wildman–Crippen MR) is 68.4 cm³/mol. The highest BCUT2D eigenvalue weighted by Gasteiger charge is 2.35. The van der Waals surface area contributed by atoms with E-state index in [2.05, 4.69) is 15.3 Å². The molecule has 1 N–H and O–H groups in total. The van der Waals surface area contributed by atoms with Crippen LogP contribution < -0.4 is 5.32 Å². The van der Waals surface area contributed by atoms with Crippen molar-refractivity contribution >= 4 is 5.91 Å². The van der Waals surface area contributed by atoms with Gasteiger partial charge in [0.2, 0.25) is 0 Å². The van der Waals surface area contributed by atoms with Gasteiger partial charge in [0, 0.05) is 25.8 Å². The molecule has 2 bridgehead atoms. The summed E-state index contributed by atoms with van der Waals surface area (Å²) in [5.41, 5.74) is 1.50. The number of carbonyl (C=O) groups is 1. The lowest BCUT2D eigenvalue weighted by Gasteiger charge is -2.44. The van der Waals surface area contributed by atoms with Crippen LogP contribution in [0.5, 0.6) is 0 Å². The predicted octanol–water partition coefficient (Wildman–Crippen LogP) is 0.553. The summed E-state index contributed by atoms with van der Waals surface area (Å²) in [4.78, 5) is 14.7. The molecular formula is C13H20N4O. The first-order valence-electron chi connectivity index (χ1n) is 6.67. The molecule has 18 heavy (non-hydrogen) atoms. The summed E-state index contributed by atoms with van der Waals surface area (Å²) in [7, 11) is 1.85. The summed E-state index contributed by atoms with van der Waals surface area (Å²) >= 11 is 0. The minimum absolute atomic E-state index is 0.0272. The van der Waals surface area contributed by atoms with Crippen LogP contribution in [0.3, 0.4) is 0 Å². The fourth-order valence-electron chi connectivity index (χ4n) is 3.20. The van der Waals surface area contributed by atoms with E-state index in [0.29, 0.717) is 17.5 Å². The van der Waals surface area contributed by atoms with Crippen molar-refractivity contribution in [1.82, 2.24) is 20.0 Å². The quantitative estimate of drug-likeness (QED) is 0.831. The van der Waals surface area contributed by atoms with Crippen LogP contribution in [0.1, 0.15) is 28.9 Å². The van der Waals surface area contributed by atoms with Crippen LogP contribution in [-0.2, 0) is 7.05 Å². The fraction of sp³-hybridized carbons (Fsp3) is 0.692. The molecule has 3 aliphatic heterocycles. The molecule has 3 fully saturated rings. The largest absolute Gasteiger partial charge is 0.348 e. The first-order chi connectivity index (χ1) is 8.63. The Bertz CT molecular complexity index is 460. The maximum atomic E-state index is 12.2. The van der Waals surface area contributed by atoms with Gasteiger partial charge in [-0.3, -0.25) is 9.48 Å². The van der Waals surface area contributed by atoms with E-state index in [1.54, 1.807) is 10.9 Å². The van der Waals surface area contributed by atoms with Gasteiger partial charge in [-0.05, 0) is 38.8 Å². The summed E-state index contributed by atoms with van der Waals surface area (Å²) in [6.07, 6.45) is 4.24. The summed E-state index contributed by atoms with van der Waals surface area (Å²) in [5, 5.41) is 7.41. The van der Waals surface area contributed by atoms with E-state index in [9.17, 15) is 4.79 Å². The molecule has 0 radical (unpaired) electrons. The number of amides is 1. The smallest absolute Gasteiger partial charge is 0.255 e. The number of nitrogens with one attached hydrogen (secondary N) is 1. The van der Waals surface area contributed by atoms with Crippen molar-refractivity contribution in [3.63, 3.8) is 0 Å². The third kappa shape index (κ3) is 2.03. The Morgan fingerprint density at radius 1 is 1.44 bits per heavy atom. The molecule has 3 aliphatic rings. The third-order valence-electron chi connectivity index (χ3n) is 4.23. The number of aryl methyl sites for hydroxylation is 2. The van der Waals surface area contributed by atoms with E-state index in [1.807, 2.05) is 14.0 Å². The Morgan fingerprint density at radius 2 is 2.17 bits per heavy atom. The van der Waals surface area contributed by atoms with Gasteiger partial charge in [-0.2, -0.15) is 5.10 Å². The van der Waals surface area contributed by atoms with E-state index < -0.39 is 0 Å². The van der Waals surface area contributed by atoms with Crippen LogP contribution in [0.25, 0.3) is 0 Å². The Labute approximate surface area is 107 Å². The van der Waals surface area contributed by atoms with Gasteiger partial charge in [0.25, 0.3) is 5.91 Å². The average molecular weight is 248 g/mol. The second-order valence-corrected chi connectivity index (χ2v) is 5.52. The lowest BCUT2D eigenvalue weighted by atomic mass is 9.84. The maximum absolute atomic E-state index is 12.2. The van der Waals surface area contributed by atoms with Crippen LogP contribution in [0.4, 0.5) is 0 Å². The number of carbonyl (C=O) groups excluding carboxylic acids is 1. The van der Waals surface area contributed by atoms with Gasteiger partial charge in [-0.15, -0.1) is 0 Å². The van der Waals surface area contributed by atoms with Gasteiger partial charge < -0.3 is 10.2 Å². The van der Waals surface area contributed by atoms with Crippen molar-refractivity contribution in [2.24, 2.45) is 13.0 Å². The summed E-state index contributed by atoms with van der Waals surface area (Å²) in [6.45, 7) is 5.28. The number of rotatable bonds is 2. The highest BCUT2D eigenvalue weighted by molar-refractivity contribution is 5.95. The van der Waals surface area contributed by atoms with Gasteiger partial charge in [-0.25, -0.2) is 0 Å². The molecule has 1 aromatic heterocycles. The second kappa shape index (κ2) is 4.39. The Hall–Kier alpha value is -1.36. The number of fused-ring (bicyclic) bond motifs is 3. The molecule has 0 saturated carbocycles. The number of nitrogens with zero attached hydrogens (tertiary/aromatic N) is 3. The Morgan fingerprint density at radius 3 is 2.67 bits per heavy atom. The van der Waals surface area contributed by atoms with E-state index in [1.165, 1.54) is 25.9 Å². The summed E-state index contributed by atoms with van der Waals surface area (Å²) in [5.74, 6) is 0.690. The minimum atomic E-state index is 0.0272. The summed E-state index contributed by atoms with van der Waals surface area (Å²) in [6, 6.07) is 0.319. The first-order valence-corrected chi connectivity index (χ1v) is 6.67. The zero-order valence-electron chi connectivity index (χ0n) is 11.0. The lowest BCUT2D eigenvalue weighted by Crippen LogP contribution is -2.57. The molecule has 0 aromatic carbocycles. The van der Waals surface area contributed by atoms with E-state index in [4.69, 9.17) is 0 Å². The van der Waals surface area contributed by atoms with Crippen molar-refractivity contribution in [2.45, 2.75) is 25.8 Å². The molecule has 98 valence electrons. The van der Waals surface area contributed by atoms with Crippen molar-refractivity contribution in [1.29, 1.82) is 0 Å². The van der Waals surface area contributed by atoms with E-state index in [-0.39, 0.29) is 5.91 Å². The van der Waals surface area contributed by atoms with E-state index in [0.717, 1.165) is 12.2 Å². The highest BCUT2D eigenvalue weighted by Crippen LogP contribution is 2.27. The van der Waals surface area contributed by atoms with E-state index >= 15 is 0 Å². The average Bonchev–Trinajstić information content (AvgIpc) is 2.70. The minimum Gasteiger partial charge on any atom is -0.348 e. The van der Waals surface area contributed by atoms with Crippen LogP contribution in [0.15, 0.2) is 6.20 Å². The molecule has 1 atom stereocenters. The first kappa shape index (κ1) is 11.7. The number of hydrogen-bond acceptors (Lipinski definition) is 3. The number of hydrogen-bond donors (Lipinski definition) is 1. The standard InChI is InChI=1S/C13H20N4O/c1-9-11(7-16(2)15-9)13(18)14-12-8-17-5-3-10(12)4-6-17/h7,10,12H,3-6,8H2,1-2H3,(H,14,18). The fourth-order valence-corrected chi connectivity index (χ4v) is 3.20. The number of piperidine rings is 3. The molecule has 4 heterocycles. The van der Waals surface area contributed by atoms with Gasteiger partial charge in [0.15, 0.2) is 0 Å². The van der Waals surface area contributed by atoms with Gasteiger partial charge in [0.05, 0.1) is 11.3 Å². The molecule has 4 rings (SSSR count). The monoisotopic (exact) mass is 248 g/mol. The zero-order chi connectivity index (χ0) is 12.7. The van der Waals surface area contributed by atoms with Crippen LogP contribution in [-0.4, -0.2) is 46.3 Å². The van der Waals surface area contributed by atoms with Gasteiger partial charge >= 0.3 is 0 Å². The van der Waals surface area contributed by atoms with Crippen LogP contribution in [0, 0.1) is 12.8 Å². The summed E-state index contributed by atoms with van der Waals surface area (Å²) < 4.78 is 1.70. The van der Waals surface area contributed by atoms with Crippen molar-refractivity contribution < 1.29 is 4.79 Å². The zero-order valence-corrected chi connectivity index (χ0v) is 11.0. The molecule has 1 amide bonds. The second-order valence-electron chi connectivity index (χ2n) is 5.52. The van der Waals surface area contributed by atoms with Crippen LogP contribution in [0.2, 0.25) is 0 Å². The molecule has 1 aromatic rings. The lowest BCUT2D eigenvalue weighted by molar-refractivity contribution is 0.0620. The highest BCUT2D eigenvalue weighted by atomic mass is 16.1. The van der Waals surface area contributed by atoms with Crippen molar-refractivity contribution in [3.8, 4) is 0 Å². The molecule has 1 unspecified atom stereocenters. The molecular weight excluding hydrogens is 228 g/mol. The van der Waals surface area contributed by atoms with Crippen molar-refractivity contribution in [3.05, 3.63) is 17.5 Å². The molecule has 3 saturated heterocycles. The molecule has 0 spiro atoms. The van der Waals surface area contributed by atoms with Crippen LogP contribution >= 0.6 is 0 Å². The maximum Gasteiger partial charge on any atom is 0.255 e. The SMILES string of the molecule is Cc1nn(C)cc1C(=O)NC1CN2CCC1CC2. The topological polar surface area (TPSA) is 50.2 Å². The molecule has 0 aliphatic carbocycles.